The van der Waals surface area contributed by atoms with Crippen LogP contribution in [-0.4, -0.2) is 70.0 Å². The molecule has 0 spiro atoms. The van der Waals surface area contributed by atoms with Crippen LogP contribution < -0.4 is 9.64 Å². The fourth-order valence-corrected chi connectivity index (χ4v) is 7.12. The van der Waals surface area contributed by atoms with E-state index < -0.39 is 27.5 Å². The molecule has 9 nitrogen and oxygen atoms in total. The zero-order valence-electron chi connectivity index (χ0n) is 24.3. The molecule has 0 bridgehead atoms. The van der Waals surface area contributed by atoms with Crippen LogP contribution in [0.3, 0.4) is 0 Å². The van der Waals surface area contributed by atoms with Crippen LogP contribution in [0.1, 0.15) is 38.3 Å². The first-order valence-corrected chi connectivity index (χ1v) is 15.8. The molecule has 2 aromatic carbocycles. The van der Waals surface area contributed by atoms with Gasteiger partial charge in [-0.15, -0.1) is 0 Å². The summed E-state index contributed by atoms with van der Waals surface area (Å²) in [6, 6.07) is 12.6. The van der Waals surface area contributed by atoms with Crippen LogP contribution in [0.15, 0.2) is 71.7 Å². The van der Waals surface area contributed by atoms with Crippen LogP contribution in [-0.2, 0) is 41.0 Å². The number of nitrogens with zero attached hydrogens (tertiary/aromatic N) is 2. The number of rotatable bonds is 10. The molecule has 2 aliphatic heterocycles. The zero-order chi connectivity index (χ0) is 29.9. The minimum absolute atomic E-state index is 0.0365. The molecule has 0 saturated carbocycles. The standard InChI is InChI=1S/C32H38N2O7S/c1-4-40-31(36)30-32(2,3)27-21-26(12-13-29(27)41-30)42(37,38)34(15-14-24-9-5-6-11-28(24)35)22-23-8-7-10-25(20-23)33-16-18-39-19-17-33/h5-13,20-21,24,30H,4,14-19,22H2,1-3H3. The zero-order valence-corrected chi connectivity index (χ0v) is 25.1. The van der Waals surface area contributed by atoms with Crippen molar-refractivity contribution in [2.75, 3.05) is 44.4 Å². The van der Waals surface area contributed by atoms with Crippen molar-refractivity contribution in [3.8, 4) is 5.75 Å². The van der Waals surface area contributed by atoms with Crippen LogP contribution in [0.4, 0.5) is 5.69 Å². The van der Waals surface area contributed by atoms with Crippen molar-refractivity contribution in [3.63, 3.8) is 0 Å². The van der Waals surface area contributed by atoms with E-state index in [9.17, 15) is 18.0 Å². The van der Waals surface area contributed by atoms with Gasteiger partial charge in [-0.1, -0.05) is 44.2 Å². The topological polar surface area (TPSA) is 102 Å². The van der Waals surface area contributed by atoms with Gasteiger partial charge in [-0.2, -0.15) is 4.31 Å². The van der Waals surface area contributed by atoms with Crippen molar-refractivity contribution in [1.82, 2.24) is 4.31 Å². The largest absolute Gasteiger partial charge is 0.477 e. The Morgan fingerprint density at radius 1 is 1.12 bits per heavy atom. The number of benzene rings is 2. The smallest absolute Gasteiger partial charge is 0.348 e. The van der Waals surface area contributed by atoms with Crippen molar-refractivity contribution in [2.45, 2.75) is 50.2 Å². The lowest BCUT2D eigenvalue weighted by molar-refractivity contribution is -0.153. The molecule has 5 rings (SSSR count). The lowest BCUT2D eigenvalue weighted by atomic mass is 9.81. The highest BCUT2D eigenvalue weighted by Crippen LogP contribution is 2.44. The van der Waals surface area contributed by atoms with Gasteiger partial charge in [0, 0.05) is 48.8 Å². The summed E-state index contributed by atoms with van der Waals surface area (Å²) in [6.07, 6.45) is 6.34. The predicted octanol–water partition coefficient (Wildman–Crippen LogP) is 4.02. The summed E-state index contributed by atoms with van der Waals surface area (Å²) in [5.41, 5.74) is 1.70. The molecule has 0 radical (unpaired) electrons. The molecule has 2 atom stereocenters. The first-order valence-electron chi connectivity index (χ1n) is 14.4. The van der Waals surface area contributed by atoms with E-state index >= 15 is 0 Å². The molecule has 2 unspecified atom stereocenters. The Hall–Kier alpha value is -3.47. The van der Waals surface area contributed by atoms with Crippen LogP contribution in [0, 0.1) is 5.92 Å². The lowest BCUT2D eigenvalue weighted by Crippen LogP contribution is -2.40. The van der Waals surface area contributed by atoms with Crippen molar-refractivity contribution >= 4 is 27.5 Å². The van der Waals surface area contributed by atoms with E-state index in [-0.39, 0.29) is 36.3 Å². The Morgan fingerprint density at radius 3 is 2.64 bits per heavy atom. The molecule has 3 aliphatic rings. The van der Waals surface area contributed by atoms with Crippen molar-refractivity contribution in [2.24, 2.45) is 5.92 Å². The molecule has 0 N–H and O–H groups in total. The minimum atomic E-state index is -4.00. The molecule has 224 valence electrons. The molecule has 2 heterocycles. The average molecular weight is 595 g/mol. The number of ether oxygens (including phenoxy) is 3. The number of morpholine rings is 1. The number of fused-ring (bicyclic) bond motifs is 1. The summed E-state index contributed by atoms with van der Waals surface area (Å²) in [7, 11) is -4.00. The van der Waals surface area contributed by atoms with Crippen molar-refractivity contribution in [3.05, 3.63) is 77.9 Å². The predicted molar refractivity (Wildman–Crippen MR) is 159 cm³/mol. The quantitative estimate of drug-likeness (QED) is 0.380. The molecule has 10 heteroatoms. The Kier molecular flexibility index (Phi) is 8.86. The molecule has 1 saturated heterocycles. The van der Waals surface area contributed by atoms with E-state index in [4.69, 9.17) is 14.2 Å². The van der Waals surface area contributed by atoms with Crippen molar-refractivity contribution in [1.29, 1.82) is 0 Å². The first-order chi connectivity index (χ1) is 20.1. The molecular weight excluding hydrogens is 556 g/mol. The maximum absolute atomic E-state index is 14.3. The van der Waals surface area contributed by atoms with Gasteiger partial charge in [-0.3, -0.25) is 4.79 Å². The van der Waals surface area contributed by atoms with Gasteiger partial charge in [0.1, 0.15) is 5.75 Å². The van der Waals surface area contributed by atoms with Gasteiger partial charge in [0.15, 0.2) is 5.78 Å². The number of carbonyl (C=O) groups is 2. The highest BCUT2D eigenvalue weighted by atomic mass is 32.2. The summed E-state index contributed by atoms with van der Waals surface area (Å²) in [4.78, 5) is 27.4. The Bertz CT molecular complexity index is 1490. The van der Waals surface area contributed by atoms with E-state index in [2.05, 4.69) is 4.90 Å². The maximum atomic E-state index is 14.3. The number of allylic oxidation sites excluding steroid dienone is 4. The second-order valence-corrected chi connectivity index (χ2v) is 13.2. The molecule has 1 aliphatic carbocycles. The van der Waals surface area contributed by atoms with E-state index in [0.29, 0.717) is 30.9 Å². The number of esters is 1. The third-order valence-electron chi connectivity index (χ3n) is 8.10. The highest BCUT2D eigenvalue weighted by molar-refractivity contribution is 7.89. The fraction of sp³-hybridized carbons (Fsp3) is 0.438. The third kappa shape index (κ3) is 6.16. The summed E-state index contributed by atoms with van der Waals surface area (Å²) in [5, 5.41) is 0. The third-order valence-corrected chi connectivity index (χ3v) is 9.94. The number of hydrogen-bond acceptors (Lipinski definition) is 8. The van der Waals surface area contributed by atoms with E-state index in [1.165, 1.54) is 16.4 Å². The molecule has 42 heavy (non-hydrogen) atoms. The number of carbonyl (C=O) groups excluding carboxylic acids is 2. The normalized spacial score (nSPS) is 21.3. The van der Waals surface area contributed by atoms with Gasteiger partial charge in [0.05, 0.1) is 24.7 Å². The second kappa shape index (κ2) is 12.4. The van der Waals surface area contributed by atoms with Crippen molar-refractivity contribution < 1.29 is 32.2 Å². The lowest BCUT2D eigenvalue weighted by Gasteiger charge is -2.30. The second-order valence-electron chi connectivity index (χ2n) is 11.3. The van der Waals surface area contributed by atoms with Gasteiger partial charge in [0.25, 0.3) is 0 Å². The highest BCUT2D eigenvalue weighted by Gasteiger charge is 2.47. The van der Waals surface area contributed by atoms with Gasteiger partial charge >= 0.3 is 5.97 Å². The number of anilines is 1. The average Bonchev–Trinajstić information content (AvgIpc) is 3.26. The fourth-order valence-electron chi connectivity index (χ4n) is 5.65. The first kappa shape index (κ1) is 30.0. The van der Waals surface area contributed by atoms with Crippen LogP contribution >= 0.6 is 0 Å². The van der Waals surface area contributed by atoms with Crippen LogP contribution in [0.25, 0.3) is 0 Å². The minimum Gasteiger partial charge on any atom is -0.477 e. The Morgan fingerprint density at radius 2 is 1.90 bits per heavy atom. The molecule has 0 aromatic heterocycles. The van der Waals surface area contributed by atoms with Gasteiger partial charge in [-0.25, -0.2) is 13.2 Å². The Balaban J connectivity index is 1.45. The SMILES string of the molecule is CCOC(=O)C1Oc2ccc(S(=O)(=O)N(CCC3C=CC=CC3=O)Cc3cccc(N4CCOCC4)c3)cc2C1(C)C. The monoisotopic (exact) mass is 594 g/mol. The van der Waals surface area contributed by atoms with Gasteiger partial charge in [-0.05, 0) is 55.3 Å². The van der Waals surface area contributed by atoms with E-state index in [1.54, 1.807) is 25.1 Å². The number of sulfonamides is 1. The molecule has 0 amide bonds. The van der Waals surface area contributed by atoms with E-state index in [1.807, 2.05) is 50.3 Å². The van der Waals surface area contributed by atoms with Crippen LogP contribution in [0.5, 0.6) is 5.75 Å². The molecule has 2 aromatic rings. The van der Waals surface area contributed by atoms with Crippen LogP contribution in [0.2, 0.25) is 0 Å². The summed E-state index contributed by atoms with van der Waals surface area (Å²) >= 11 is 0. The van der Waals surface area contributed by atoms with Gasteiger partial charge in [0.2, 0.25) is 16.1 Å². The van der Waals surface area contributed by atoms with E-state index in [0.717, 1.165) is 24.3 Å². The number of ketones is 1. The maximum Gasteiger partial charge on any atom is 0.348 e. The molecular formula is C32H38N2O7S. The summed E-state index contributed by atoms with van der Waals surface area (Å²) < 4.78 is 46.6. The Labute approximate surface area is 247 Å². The summed E-state index contributed by atoms with van der Waals surface area (Å²) in [5.74, 6) is -0.439. The van der Waals surface area contributed by atoms with Gasteiger partial charge < -0.3 is 19.1 Å². The summed E-state index contributed by atoms with van der Waals surface area (Å²) in [6.45, 7) is 8.79. The number of hydrogen-bond donors (Lipinski definition) is 0. The molecule has 1 fully saturated rings.